The molecule has 0 saturated carbocycles. The van der Waals surface area contributed by atoms with Crippen molar-refractivity contribution in [3.63, 3.8) is 0 Å². The lowest BCUT2D eigenvalue weighted by Gasteiger charge is -2.11. The molecule has 0 radical (unpaired) electrons. The molecular weight excluding hydrogens is 262 g/mol. The lowest BCUT2D eigenvalue weighted by atomic mass is 10.1. The Morgan fingerprint density at radius 1 is 1.47 bits per heavy atom. The van der Waals surface area contributed by atoms with Crippen LogP contribution in [0.4, 0.5) is 0 Å². The predicted molar refractivity (Wildman–Crippen MR) is 74.3 cm³/mol. The Kier molecular flexibility index (Phi) is 4.11. The van der Waals surface area contributed by atoms with Gasteiger partial charge in [-0.1, -0.05) is 6.07 Å². The highest BCUT2D eigenvalue weighted by Gasteiger charge is 2.13. The molecule has 6 heteroatoms. The maximum absolute atomic E-state index is 11.4. The Hall–Kier alpha value is -1.95. The average molecular weight is 277 g/mol. The van der Waals surface area contributed by atoms with Crippen LogP contribution in [0.25, 0.3) is 0 Å². The molecule has 0 spiro atoms. The van der Waals surface area contributed by atoms with E-state index in [2.05, 4.69) is 5.10 Å². The molecule has 1 aromatic carbocycles. The van der Waals surface area contributed by atoms with Crippen molar-refractivity contribution in [3.05, 3.63) is 41.6 Å². The molecule has 0 bridgehead atoms. The zero-order chi connectivity index (χ0) is 13.8. The first-order valence-corrected chi connectivity index (χ1v) is 6.92. The van der Waals surface area contributed by atoms with Gasteiger partial charge in [-0.05, 0) is 18.4 Å². The normalized spacial score (nSPS) is 10.4. The Bertz CT molecular complexity index is 595. The molecule has 2 N–H and O–H groups in total. The Balaban J connectivity index is 2.25. The number of nitrogens with zero attached hydrogens (tertiary/aromatic N) is 2. The first kappa shape index (κ1) is 13.5. The number of thioether (sulfide) groups is 1. The topological polar surface area (TPSA) is 70.1 Å². The van der Waals surface area contributed by atoms with Crippen molar-refractivity contribution in [3.8, 4) is 5.88 Å². The molecule has 0 atom stereocenters. The van der Waals surface area contributed by atoms with Crippen LogP contribution in [-0.4, -0.2) is 21.9 Å². The molecule has 5 nitrogen and oxygen atoms in total. The monoisotopic (exact) mass is 277 g/mol. The second kappa shape index (κ2) is 5.79. The maximum Gasteiger partial charge on any atom is 0.249 e. The summed E-state index contributed by atoms with van der Waals surface area (Å²) in [7, 11) is 1.82. The largest absolute Gasteiger partial charge is 0.472 e. The van der Waals surface area contributed by atoms with Crippen LogP contribution in [0.15, 0.2) is 35.4 Å². The number of carbonyl (C=O) groups is 1. The number of primary amides is 1. The molecule has 2 rings (SSSR count). The van der Waals surface area contributed by atoms with Crippen molar-refractivity contribution in [2.75, 3.05) is 6.26 Å². The van der Waals surface area contributed by atoms with Crippen LogP contribution < -0.4 is 10.5 Å². The number of ether oxygens (including phenoxy) is 1. The molecule has 0 unspecified atom stereocenters. The highest BCUT2D eigenvalue weighted by Crippen LogP contribution is 2.24. The summed E-state index contributed by atoms with van der Waals surface area (Å²) in [4.78, 5) is 12.4. The van der Waals surface area contributed by atoms with Crippen molar-refractivity contribution in [2.24, 2.45) is 12.8 Å². The third-order valence-electron chi connectivity index (χ3n) is 2.67. The van der Waals surface area contributed by atoms with E-state index < -0.39 is 5.91 Å². The summed E-state index contributed by atoms with van der Waals surface area (Å²) >= 11 is 1.55. The third-order valence-corrected chi connectivity index (χ3v) is 3.49. The van der Waals surface area contributed by atoms with E-state index in [1.807, 2.05) is 25.4 Å². The van der Waals surface area contributed by atoms with E-state index in [1.165, 1.54) is 0 Å². The zero-order valence-electron chi connectivity index (χ0n) is 10.8. The molecule has 19 heavy (non-hydrogen) atoms. The molecule has 0 aliphatic carbocycles. The summed E-state index contributed by atoms with van der Waals surface area (Å²) in [5, 5.41) is 4.13. The third kappa shape index (κ3) is 3.08. The molecule has 0 aliphatic rings. The fourth-order valence-corrected chi connectivity index (χ4v) is 2.38. The van der Waals surface area contributed by atoms with Crippen LogP contribution in [0.2, 0.25) is 0 Å². The number of aryl methyl sites for hydroxylation is 1. The quantitative estimate of drug-likeness (QED) is 0.846. The number of aromatic nitrogens is 2. The van der Waals surface area contributed by atoms with E-state index >= 15 is 0 Å². The van der Waals surface area contributed by atoms with Crippen LogP contribution in [-0.2, 0) is 13.7 Å². The van der Waals surface area contributed by atoms with Gasteiger partial charge in [-0.25, -0.2) is 0 Å². The number of hydrogen-bond acceptors (Lipinski definition) is 4. The molecular formula is C13H15N3O2S. The van der Waals surface area contributed by atoms with Crippen LogP contribution in [0.1, 0.15) is 15.9 Å². The molecule has 100 valence electrons. The van der Waals surface area contributed by atoms with Crippen molar-refractivity contribution in [1.29, 1.82) is 0 Å². The molecule has 1 amide bonds. The molecule has 1 aromatic heterocycles. The summed E-state index contributed by atoms with van der Waals surface area (Å²) in [5.41, 5.74) is 6.68. The summed E-state index contributed by atoms with van der Waals surface area (Å²) in [6.07, 6.45) is 3.75. The minimum atomic E-state index is -0.449. The number of hydrogen-bond donors (Lipinski definition) is 1. The van der Waals surface area contributed by atoms with Crippen LogP contribution in [0, 0.1) is 0 Å². The van der Waals surface area contributed by atoms with E-state index in [1.54, 1.807) is 34.8 Å². The molecule has 0 saturated heterocycles. The SMILES string of the molecule is CSc1cccc(C(N)=O)c1COc1ccn(C)n1. The number of nitrogens with two attached hydrogens (primary N) is 1. The van der Waals surface area contributed by atoms with Gasteiger partial charge in [-0.2, -0.15) is 0 Å². The lowest BCUT2D eigenvalue weighted by molar-refractivity contribution is 0.0997. The Morgan fingerprint density at radius 2 is 2.26 bits per heavy atom. The smallest absolute Gasteiger partial charge is 0.249 e. The van der Waals surface area contributed by atoms with Gasteiger partial charge < -0.3 is 10.5 Å². The van der Waals surface area contributed by atoms with Gasteiger partial charge in [0.1, 0.15) is 6.61 Å². The summed E-state index contributed by atoms with van der Waals surface area (Å²) < 4.78 is 7.25. The van der Waals surface area contributed by atoms with E-state index in [0.29, 0.717) is 11.4 Å². The summed E-state index contributed by atoms with van der Waals surface area (Å²) in [6, 6.07) is 7.23. The van der Waals surface area contributed by atoms with Gasteiger partial charge in [-0.15, -0.1) is 16.9 Å². The predicted octanol–water partition coefficient (Wildman–Crippen LogP) is 1.82. The van der Waals surface area contributed by atoms with Crippen molar-refractivity contribution in [1.82, 2.24) is 9.78 Å². The minimum absolute atomic E-state index is 0.270. The first-order chi connectivity index (χ1) is 9.11. The van der Waals surface area contributed by atoms with Gasteiger partial charge in [0.15, 0.2) is 0 Å². The first-order valence-electron chi connectivity index (χ1n) is 5.70. The molecule has 1 heterocycles. The highest BCUT2D eigenvalue weighted by molar-refractivity contribution is 7.98. The van der Waals surface area contributed by atoms with E-state index in [4.69, 9.17) is 10.5 Å². The summed E-state index contributed by atoms with van der Waals surface area (Å²) in [5.74, 6) is 0.0735. The lowest BCUT2D eigenvalue weighted by Crippen LogP contribution is -2.15. The van der Waals surface area contributed by atoms with Crippen molar-refractivity contribution < 1.29 is 9.53 Å². The van der Waals surface area contributed by atoms with Crippen LogP contribution in [0.3, 0.4) is 0 Å². The van der Waals surface area contributed by atoms with E-state index in [0.717, 1.165) is 10.5 Å². The summed E-state index contributed by atoms with van der Waals surface area (Å²) in [6.45, 7) is 0.270. The standard InChI is InChI=1S/C13H15N3O2S/c1-16-7-6-12(15-16)18-8-10-9(13(14)17)4-3-5-11(10)19-2/h3-7H,8H2,1-2H3,(H2,14,17). The van der Waals surface area contributed by atoms with Crippen molar-refractivity contribution in [2.45, 2.75) is 11.5 Å². The number of amides is 1. The number of benzene rings is 1. The van der Waals surface area contributed by atoms with Crippen LogP contribution in [0.5, 0.6) is 5.88 Å². The van der Waals surface area contributed by atoms with E-state index in [9.17, 15) is 4.79 Å². The Labute approximate surface area is 115 Å². The van der Waals surface area contributed by atoms with Gasteiger partial charge >= 0.3 is 0 Å². The number of rotatable bonds is 5. The van der Waals surface area contributed by atoms with E-state index in [-0.39, 0.29) is 6.61 Å². The second-order valence-corrected chi connectivity index (χ2v) is 4.82. The molecule has 2 aromatic rings. The number of carbonyl (C=O) groups excluding carboxylic acids is 1. The maximum atomic E-state index is 11.4. The van der Waals surface area contributed by atoms with Crippen LogP contribution >= 0.6 is 11.8 Å². The van der Waals surface area contributed by atoms with Gasteiger partial charge in [0.05, 0.1) is 0 Å². The van der Waals surface area contributed by atoms with Gasteiger partial charge in [-0.3, -0.25) is 9.48 Å². The molecule has 0 aliphatic heterocycles. The highest BCUT2D eigenvalue weighted by atomic mass is 32.2. The molecule has 0 fully saturated rings. The van der Waals surface area contributed by atoms with Crippen molar-refractivity contribution >= 4 is 17.7 Å². The van der Waals surface area contributed by atoms with Gasteiger partial charge in [0, 0.05) is 35.3 Å². The average Bonchev–Trinajstić information content (AvgIpc) is 2.81. The van der Waals surface area contributed by atoms with Gasteiger partial charge in [0.2, 0.25) is 11.8 Å². The minimum Gasteiger partial charge on any atom is -0.472 e. The second-order valence-electron chi connectivity index (χ2n) is 3.97. The Morgan fingerprint density at radius 3 is 2.84 bits per heavy atom. The fourth-order valence-electron chi connectivity index (χ4n) is 1.75. The fraction of sp³-hybridized carbons (Fsp3) is 0.231. The van der Waals surface area contributed by atoms with Gasteiger partial charge in [0.25, 0.3) is 0 Å². The zero-order valence-corrected chi connectivity index (χ0v) is 11.6.